The summed E-state index contributed by atoms with van der Waals surface area (Å²) in [5.41, 5.74) is 17.5. The van der Waals surface area contributed by atoms with Crippen molar-refractivity contribution >= 4 is 198 Å². The molecular formula is C96H65BBrN2O4Si2. The summed E-state index contributed by atoms with van der Waals surface area (Å²) in [4.78, 5) is 2.34. The van der Waals surface area contributed by atoms with Gasteiger partial charge in [0.15, 0.2) is 16.1 Å². The third-order valence-electron chi connectivity index (χ3n) is 21.4. The fourth-order valence-corrected chi connectivity index (χ4v) is 27.6. The molecule has 0 atom stereocenters. The van der Waals surface area contributed by atoms with Gasteiger partial charge < -0.3 is 27.9 Å². The summed E-state index contributed by atoms with van der Waals surface area (Å²) in [5, 5.41) is 23.9. The standard InChI is InChI=1S/C48H31NO2Si.C24H17BrSi.C24H15NO2.B.H2/c1-3-13-35(14-4-1)52(36-15-5-2-6-16-36)47-22-12-9-19-41(47)42-29-32(25-28-48(42)52)49(33-23-26-39-37-17-7-10-20-43(37)50-45(39)30-33)34-24-27-40-38-18-8-11-21-44(38)51-46(40)31-34;25-18-15-16-24-22(17-18)21-13-7-8-14-23(21)26(24,19-9-3-1-4-10-19)20-11-5-2-6-12-20;1-3-7-21-17(5-1)19-11-9-15(13-23(19)26-21)25-16-10-12-20-18-6-2-4-8-22(18)27-24(20)14-16;;/h1-31H;1-17H;1-14,25H;;1H/i;;;;1+1. The van der Waals surface area contributed by atoms with Gasteiger partial charge in [0.25, 0.3) is 0 Å². The molecule has 6 nitrogen and oxygen atoms in total. The topological polar surface area (TPSA) is 67.8 Å². The molecule has 106 heavy (non-hydrogen) atoms. The van der Waals surface area contributed by atoms with Gasteiger partial charge in [0.2, 0.25) is 0 Å². The third kappa shape index (κ3) is 10.4. The van der Waals surface area contributed by atoms with Crippen molar-refractivity contribution in [3.63, 3.8) is 0 Å². The van der Waals surface area contributed by atoms with Crippen LogP contribution in [0.4, 0.5) is 28.4 Å². The van der Waals surface area contributed by atoms with E-state index in [2.05, 4.69) is 329 Å². The number of hydrogen-bond acceptors (Lipinski definition) is 6. The predicted octanol–water partition coefficient (Wildman–Crippen LogP) is 21.2. The average Bonchev–Trinajstić information content (AvgIpc) is 1.55. The molecule has 0 unspecified atom stereocenters. The molecule has 10 heteroatoms. The maximum atomic E-state index is 6.43. The number of para-hydroxylation sites is 4. The van der Waals surface area contributed by atoms with Crippen LogP contribution < -0.4 is 51.7 Å². The summed E-state index contributed by atoms with van der Waals surface area (Å²) in [6.45, 7) is 0. The maximum Gasteiger partial charge on any atom is 0.180 e. The van der Waals surface area contributed by atoms with E-state index < -0.39 is 16.1 Å². The van der Waals surface area contributed by atoms with E-state index in [-0.39, 0.29) is 9.84 Å². The summed E-state index contributed by atoms with van der Waals surface area (Å²) in [6, 6.07) is 135. The quantitative estimate of drug-likeness (QED) is 0.145. The second-order valence-electron chi connectivity index (χ2n) is 27.1. The molecule has 4 aromatic heterocycles. The van der Waals surface area contributed by atoms with Crippen molar-refractivity contribution in [3.8, 4) is 22.3 Å². The van der Waals surface area contributed by atoms with Crippen LogP contribution in [0.2, 0.25) is 0 Å². The van der Waals surface area contributed by atoms with Crippen LogP contribution in [0, 0.1) is 0 Å². The zero-order valence-electron chi connectivity index (χ0n) is 57.3. The Labute approximate surface area is 625 Å². The largest absolute Gasteiger partial charge is 0.456 e. The Bertz CT molecular complexity index is 6460. The van der Waals surface area contributed by atoms with Crippen LogP contribution in [0.3, 0.4) is 0 Å². The first-order valence-electron chi connectivity index (χ1n) is 35.5. The van der Waals surface area contributed by atoms with Crippen molar-refractivity contribution in [2.75, 3.05) is 10.2 Å². The molecule has 0 aliphatic carbocycles. The molecule has 0 saturated heterocycles. The second kappa shape index (κ2) is 26.2. The van der Waals surface area contributed by atoms with Crippen molar-refractivity contribution in [2.45, 2.75) is 0 Å². The summed E-state index contributed by atoms with van der Waals surface area (Å²) in [7, 11) is -4.87. The number of fused-ring (bicyclic) bond motifs is 18. The van der Waals surface area contributed by atoms with Crippen LogP contribution in [-0.2, 0) is 0 Å². The highest BCUT2D eigenvalue weighted by atomic mass is 79.9. The Kier molecular flexibility index (Phi) is 15.9. The van der Waals surface area contributed by atoms with Gasteiger partial charge in [-0.15, -0.1) is 0 Å². The Hall–Kier alpha value is -12.7. The van der Waals surface area contributed by atoms with Crippen LogP contribution in [0.1, 0.15) is 1.43 Å². The van der Waals surface area contributed by atoms with Crippen LogP contribution in [-0.4, -0.2) is 24.6 Å². The highest BCUT2D eigenvalue weighted by Crippen LogP contribution is 2.44. The van der Waals surface area contributed by atoms with Gasteiger partial charge in [-0.2, -0.15) is 0 Å². The number of rotatable bonds is 9. The summed E-state index contributed by atoms with van der Waals surface area (Å²) in [6.07, 6.45) is 0. The molecule has 501 valence electrons. The third-order valence-corrected chi connectivity index (χ3v) is 31.7. The summed E-state index contributed by atoms with van der Waals surface area (Å²) < 4.78 is 26.0. The fourth-order valence-electron chi connectivity index (χ4n) is 16.9. The molecule has 2 aliphatic rings. The Morgan fingerprint density at radius 3 is 0.915 bits per heavy atom. The average molecular weight is 1460 g/mol. The van der Waals surface area contributed by atoms with Crippen molar-refractivity contribution in [3.05, 3.63) is 381 Å². The van der Waals surface area contributed by atoms with Crippen LogP contribution in [0.5, 0.6) is 0 Å². The molecule has 0 spiro atoms. The molecule has 0 saturated carbocycles. The first-order chi connectivity index (χ1) is 51.9. The fraction of sp³-hybridized carbons (Fsp3) is 0. The van der Waals surface area contributed by atoms with Gasteiger partial charge in [-0.1, -0.05) is 271 Å². The lowest BCUT2D eigenvalue weighted by molar-refractivity contribution is 0.668. The van der Waals surface area contributed by atoms with Crippen molar-refractivity contribution in [1.82, 2.24) is 0 Å². The highest BCUT2D eigenvalue weighted by Gasteiger charge is 2.50. The minimum absolute atomic E-state index is 0. The van der Waals surface area contributed by atoms with Gasteiger partial charge in [0, 0.05) is 110 Å². The second-order valence-corrected chi connectivity index (χ2v) is 35.5. The van der Waals surface area contributed by atoms with Gasteiger partial charge in [0.1, 0.15) is 44.7 Å². The SMILES string of the molecule is Brc1ccc2c(c1)-c1ccccc1[Si]2(c1ccccc1)c1ccccc1.[2HH].[B].c1ccc([Si]2(c3ccccc3)c3ccccc3-c3cc(N(c4ccc5c(c4)oc4ccccc45)c4ccc5c(c4)oc4ccccc45)ccc32)cc1.c1ccc2c(c1)oc1cc(Nc3ccc4c(c3)oc3ccccc34)ccc12. The zero-order valence-corrected chi connectivity index (χ0v) is 60.9. The number of halogens is 1. The van der Waals surface area contributed by atoms with E-state index in [9.17, 15) is 0 Å². The number of anilines is 5. The molecule has 22 rings (SSSR count). The first kappa shape index (κ1) is 64.2. The summed E-state index contributed by atoms with van der Waals surface area (Å²) in [5.74, 6) is 0. The molecule has 3 radical (unpaired) electrons. The van der Waals surface area contributed by atoms with Crippen molar-refractivity contribution in [2.24, 2.45) is 0 Å². The number of benzene rings is 16. The molecule has 2 aliphatic heterocycles. The van der Waals surface area contributed by atoms with Gasteiger partial charge in [-0.25, -0.2) is 0 Å². The van der Waals surface area contributed by atoms with E-state index in [0.29, 0.717) is 0 Å². The predicted molar refractivity (Wildman–Crippen MR) is 454 cm³/mol. The number of hydrogen-bond donors (Lipinski definition) is 1. The van der Waals surface area contributed by atoms with Gasteiger partial charge in [0.05, 0.1) is 0 Å². The lowest BCUT2D eigenvalue weighted by Gasteiger charge is -2.32. The highest BCUT2D eigenvalue weighted by molar-refractivity contribution is 9.10. The number of furan rings is 4. The summed E-state index contributed by atoms with van der Waals surface area (Å²) >= 11 is 3.68. The van der Waals surface area contributed by atoms with Gasteiger partial charge >= 0.3 is 0 Å². The minimum atomic E-state index is -2.60. The van der Waals surface area contributed by atoms with E-state index in [0.717, 1.165) is 121 Å². The zero-order chi connectivity index (χ0) is 69.6. The molecule has 0 amide bonds. The van der Waals surface area contributed by atoms with E-state index >= 15 is 0 Å². The van der Waals surface area contributed by atoms with E-state index in [1.54, 1.807) is 0 Å². The first-order valence-corrected chi connectivity index (χ1v) is 40.3. The number of nitrogens with zero attached hydrogens (tertiary/aromatic N) is 1. The minimum Gasteiger partial charge on any atom is -0.456 e. The lowest BCUT2D eigenvalue weighted by atomic mass is 10.0. The Morgan fingerprint density at radius 1 is 0.236 bits per heavy atom. The van der Waals surface area contributed by atoms with E-state index in [1.807, 2.05) is 72.8 Å². The monoisotopic (exact) mass is 1460 g/mol. The van der Waals surface area contributed by atoms with Gasteiger partial charge in [-0.3, -0.25) is 0 Å². The Balaban J connectivity index is 0.000000124. The maximum absolute atomic E-state index is 6.43. The molecule has 16 aromatic carbocycles. The Morgan fingerprint density at radius 2 is 0.519 bits per heavy atom. The smallest absolute Gasteiger partial charge is 0.180 e. The molecule has 20 aromatic rings. The number of nitrogens with one attached hydrogen (secondary N) is 1. The van der Waals surface area contributed by atoms with E-state index in [1.165, 1.54) is 63.7 Å². The van der Waals surface area contributed by atoms with E-state index in [4.69, 9.17) is 17.7 Å². The van der Waals surface area contributed by atoms with Crippen LogP contribution in [0.25, 0.3) is 110 Å². The molecule has 1 N–H and O–H groups in total. The van der Waals surface area contributed by atoms with Crippen molar-refractivity contribution < 1.29 is 19.1 Å². The molecule has 0 fully saturated rings. The van der Waals surface area contributed by atoms with Crippen LogP contribution >= 0.6 is 15.9 Å². The normalized spacial score (nSPS) is 12.8. The lowest BCUT2D eigenvalue weighted by Crippen LogP contribution is -2.72. The molecule has 0 bridgehead atoms. The van der Waals surface area contributed by atoms with Gasteiger partial charge in [-0.05, 0) is 161 Å². The molecule has 6 heterocycles. The van der Waals surface area contributed by atoms with Crippen molar-refractivity contribution in [1.29, 1.82) is 0 Å². The van der Waals surface area contributed by atoms with Crippen LogP contribution in [0.15, 0.2) is 398 Å². The molecular weight excluding hydrogens is 1390 g/mol.